The van der Waals surface area contributed by atoms with Crippen LogP contribution in [0.2, 0.25) is 5.02 Å². The smallest absolute Gasteiger partial charge is 0.344 e. The molecule has 0 spiro atoms. The zero-order valence-corrected chi connectivity index (χ0v) is 10.6. The second-order valence-electron chi connectivity index (χ2n) is 3.70. The predicted molar refractivity (Wildman–Crippen MR) is 68.7 cm³/mol. The van der Waals surface area contributed by atoms with Gasteiger partial charge in [-0.2, -0.15) is 0 Å². The lowest BCUT2D eigenvalue weighted by Crippen LogP contribution is -2.37. The molecule has 0 atom stereocenters. The Balaban J connectivity index is 3.14. The van der Waals surface area contributed by atoms with Crippen molar-refractivity contribution in [3.05, 3.63) is 15.9 Å². The van der Waals surface area contributed by atoms with Gasteiger partial charge in [-0.25, -0.2) is 4.73 Å². The second-order valence-corrected chi connectivity index (χ2v) is 4.32. The molecule has 1 rings (SSSR count). The van der Waals surface area contributed by atoms with Gasteiger partial charge in [0.2, 0.25) is 5.82 Å². The molecule has 5 nitrogen and oxygen atoms in total. The molecule has 16 heavy (non-hydrogen) atoms. The number of anilines is 2. The first kappa shape index (κ1) is 12.9. The minimum absolute atomic E-state index is 0.174. The normalized spacial score (nSPS) is 10.5. The van der Waals surface area contributed by atoms with E-state index >= 15 is 0 Å². The van der Waals surface area contributed by atoms with Crippen molar-refractivity contribution in [2.24, 2.45) is 5.92 Å². The third kappa shape index (κ3) is 2.70. The number of nitrogens with zero attached hydrogens (tertiary/aromatic N) is 2. The lowest BCUT2D eigenvalue weighted by Gasteiger charge is -2.16. The minimum Gasteiger partial charge on any atom is -0.754 e. The highest BCUT2D eigenvalue weighted by Gasteiger charge is 2.16. The van der Waals surface area contributed by atoms with Crippen LogP contribution in [-0.4, -0.2) is 16.9 Å². The van der Waals surface area contributed by atoms with Crippen molar-refractivity contribution >= 4 is 41.0 Å². The molecule has 0 saturated heterocycles. The Morgan fingerprint density at radius 2 is 2.31 bits per heavy atom. The second kappa shape index (κ2) is 5.27. The molecule has 1 aromatic rings. The molecular weight excluding hydrogens is 248 g/mol. The molecular formula is C9H13ClN4OS. The van der Waals surface area contributed by atoms with Crippen LogP contribution in [0.3, 0.4) is 0 Å². The van der Waals surface area contributed by atoms with Gasteiger partial charge in [0.05, 0.1) is 6.54 Å². The van der Waals surface area contributed by atoms with E-state index in [-0.39, 0.29) is 16.8 Å². The van der Waals surface area contributed by atoms with Gasteiger partial charge in [-0.3, -0.25) is 0 Å². The number of hydrogen-bond donors (Lipinski definition) is 2. The molecule has 3 N–H and O–H groups in total. The van der Waals surface area contributed by atoms with Gasteiger partial charge in [0.1, 0.15) is 5.02 Å². The van der Waals surface area contributed by atoms with Crippen LogP contribution in [0.25, 0.3) is 0 Å². The van der Waals surface area contributed by atoms with Crippen molar-refractivity contribution in [3.8, 4) is 0 Å². The molecule has 0 amide bonds. The van der Waals surface area contributed by atoms with Gasteiger partial charge in [0.15, 0.2) is 5.69 Å². The highest BCUT2D eigenvalue weighted by molar-refractivity contribution is 7.79. The van der Waals surface area contributed by atoms with E-state index < -0.39 is 0 Å². The summed E-state index contributed by atoms with van der Waals surface area (Å²) in [5, 5.41) is 16.0. The first-order valence-electron chi connectivity index (χ1n) is 4.75. The van der Waals surface area contributed by atoms with Gasteiger partial charge < -0.3 is 16.3 Å². The maximum atomic E-state index is 11.6. The van der Waals surface area contributed by atoms with E-state index in [2.05, 4.69) is 10.3 Å². The van der Waals surface area contributed by atoms with E-state index in [0.29, 0.717) is 22.9 Å². The Bertz CT molecular complexity index is 411. The fourth-order valence-corrected chi connectivity index (χ4v) is 1.55. The lowest BCUT2D eigenvalue weighted by molar-refractivity contribution is -0.577. The van der Waals surface area contributed by atoms with Gasteiger partial charge in [-0.05, 0) is 5.92 Å². The molecule has 1 heterocycles. The van der Waals surface area contributed by atoms with Crippen LogP contribution in [-0.2, 0) is 0 Å². The number of thiocarbonyl (C=S) groups is 1. The highest BCUT2D eigenvalue weighted by atomic mass is 35.5. The van der Waals surface area contributed by atoms with Crippen molar-refractivity contribution in [2.75, 3.05) is 17.6 Å². The van der Waals surface area contributed by atoms with Crippen LogP contribution in [0.15, 0.2) is 0 Å². The maximum absolute atomic E-state index is 11.6. The number of halogens is 1. The topological polar surface area (TPSA) is 77.9 Å². The molecule has 0 aromatic carbocycles. The third-order valence-electron chi connectivity index (χ3n) is 1.87. The third-order valence-corrected chi connectivity index (χ3v) is 2.46. The average Bonchev–Trinajstić information content (AvgIpc) is 2.23. The highest BCUT2D eigenvalue weighted by Crippen LogP contribution is 2.21. The molecule has 0 bridgehead atoms. The molecule has 0 unspecified atom stereocenters. The number of rotatable bonds is 4. The first-order valence-corrected chi connectivity index (χ1v) is 5.59. The molecule has 0 fully saturated rings. The summed E-state index contributed by atoms with van der Waals surface area (Å²) in [7, 11) is 0. The number of nitrogen functional groups attached to an aromatic ring is 1. The number of aromatic nitrogens is 2. The summed E-state index contributed by atoms with van der Waals surface area (Å²) in [6.45, 7) is 4.64. The zero-order chi connectivity index (χ0) is 12.3. The van der Waals surface area contributed by atoms with Crippen LogP contribution < -0.4 is 15.8 Å². The fraction of sp³-hybridized carbons (Fsp3) is 0.444. The van der Waals surface area contributed by atoms with E-state index in [1.54, 1.807) is 0 Å². The van der Waals surface area contributed by atoms with Crippen molar-refractivity contribution in [2.45, 2.75) is 13.8 Å². The molecule has 0 radical (unpaired) electrons. The minimum atomic E-state index is -0.174. The average molecular weight is 261 g/mol. The SMILES string of the molecule is CC(C)CNc1c(Cl)c(C=S)nc(N)[n+]1[O-]. The summed E-state index contributed by atoms with van der Waals surface area (Å²) in [4.78, 5) is 3.78. The van der Waals surface area contributed by atoms with Crippen molar-refractivity contribution in [3.63, 3.8) is 0 Å². The summed E-state index contributed by atoms with van der Waals surface area (Å²) < 4.78 is 0.465. The number of nitrogens with two attached hydrogens (primary N) is 1. The van der Waals surface area contributed by atoms with E-state index in [0.717, 1.165) is 0 Å². The largest absolute Gasteiger partial charge is 0.754 e. The molecule has 1 aromatic heterocycles. The molecule has 88 valence electrons. The Morgan fingerprint density at radius 1 is 1.69 bits per heavy atom. The molecule has 0 aliphatic carbocycles. The summed E-state index contributed by atoms with van der Waals surface area (Å²) in [6.07, 6.45) is 0. The van der Waals surface area contributed by atoms with Gasteiger partial charge in [0, 0.05) is 5.37 Å². The predicted octanol–water partition coefficient (Wildman–Crippen LogP) is 1.37. The molecule has 0 aliphatic rings. The van der Waals surface area contributed by atoms with Crippen LogP contribution in [0.5, 0.6) is 0 Å². The molecule has 0 saturated carbocycles. The summed E-state index contributed by atoms with van der Waals surface area (Å²) in [6, 6.07) is 0. The van der Waals surface area contributed by atoms with Crippen molar-refractivity contribution < 1.29 is 4.73 Å². The zero-order valence-electron chi connectivity index (χ0n) is 9.03. The Kier molecular flexibility index (Phi) is 4.26. The van der Waals surface area contributed by atoms with Crippen molar-refractivity contribution in [1.29, 1.82) is 0 Å². The first-order chi connectivity index (χ1) is 7.47. The molecule has 7 heteroatoms. The van der Waals surface area contributed by atoms with Crippen LogP contribution in [0, 0.1) is 11.1 Å². The van der Waals surface area contributed by atoms with Gasteiger partial charge in [-0.1, -0.05) is 37.7 Å². The van der Waals surface area contributed by atoms with E-state index in [4.69, 9.17) is 29.6 Å². The van der Waals surface area contributed by atoms with Crippen LogP contribution in [0.4, 0.5) is 11.8 Å². The van der Waals surface area contributed by atoms with E-state index in [1.165, 1.54) is 5.37 Å². The van der Waals surface area contributed by atoms with Gasteiger partial charge >= 0.3 is 5.95 Å². The van der Waals surface area contributed by atoms with Crippen molar-refractivity contribution in [1.82, 2.24) is 4.98 Å². The summed E-state index contributed by atoms with van der Waals surface area (Å²) in [5.41, 5.74) is 5.77. The quantitative estimate of drug-likeness (QED) is 0.486. The van der Waals surface area contributed by atoms with E-state index in [1.807, 2.05) is 13.8 Å². The monoisotopic (exact) mass is 260 g/mol. The van der Waals surface area contributed by atoms with E-state index in [9.17, 15) is 5.21 Å². The Labute approximate surface area is 104 Å². The lowest BCUT2D eigenvalue weighted by atomic mass is 10.2. The summed E-state index contributed by atoms with van der Waals surface area (Å²) in [5.74, 6) is 0.395. The Hall–Kier alpha value is -1.14. The maximum Gasteiger partial charge on any atom is 0.344 e. The Morgan fingerprint density at radius 3 is 2.81 bits per heavy atom. The van der Waals surface area contributed by atoms with Gasteiger partial charge in [0.25, 0.3) is 0 Å². The fourth-order valence-electron chi connectivity index (χ4n) is 1.07. The van der Waals surface area contributed by atoms with Gasteiger partial charge in [-0.15, -0.1) is 4.98 Å². The summed E-state index contributed by atoms with van der Waals surface area (Å²) >= 11 is 10.7. The number of nitrogens with one attached hydrogen (secondary N) is 1. The van der Waals surface area contributed by atoms with Crippen LogP contribution >= 0.6 is 23.8 Å². The standard InChI is InChI=1S/C9H13ClN4OS/c1-5(2)3-12-8-7(10)6(4-16)13-9(11)14(8)15/h4-5,12H,3H2,1-2H3,(H2,11,13). The number of hydrogen-bond acceptors (Lipinski definition) is 5. The van der Waals surface area contributed by atoms with Crippen LogP contribution in [0.1, 0.15) is 19.5 Å². The molecule has 0 aliphatic heterocycles.